The van der Waals surface area contributed by atoms with Crippen molar-refractivity contribution >= 4 is 23.0 Å². The second-order valence-electron chi connectivity index (χ2n) is 6.76. The number of morpholine rings is 1. The Kier molecular flexibility index (Phi) is 8.41. The molecule has 1 aromatic heterocycles. The molecular weight excluding hydrogens is 390 g/mol. The number of hydrogen-bond donors (Lipinski definition) is 2. The number of hydrogen-bond acceptors (Lipinski definition) is 6. The van der Waals surface area contributed by atoms with Gasteiger partial charge in [-0.1, -0.05) is 18.2 Å². The molecule has 29 heavy (non-hydrogen) atoms. The summed E-state index contributed by atoms with van der Waals surface area (Å²) in [5.74, 6) is 0.749. The molecule has 2 heterocycles. The van der Waals surface area contributed by atoms with Crippen LogP contribution >= 0.6 is 11.3 Å². The molecule has 0 radical (unpaired) electrons. The smallest absolute Gasteiger partial charge is 0.269 e. The Bertz CT molecular complexity index is 774. The SMILES string of the molecule is O=[N+]([O-])c1ccc(CN=C(NCCCN2CCOCC2)NCc2cccs2)cc1. The van der Waals surface area contributed by atoms with Crippen molar-refractivity contribution in [2.45, 2.75) is 19.5 Å². The summed E-state index contributed by atoms with van der Waals surface area (Å²) in [7, 11) is 0. The molecule has 3 rings (SSSR count). The van der Waals surface area contributed by atoms with E-state index in [1.165, 1.54) is 17.0 Å². The van der Waals surface area contributed by atoms with E-state index in [0.29, 0.717) is 13.1 Å². The van der Waals surface area contributed by atoms with Crippen molar-refractivity contribution in [3.8, 4) is 0 Å². The number of aliphatic imine (C=N–C) groups is 1. The number of nitrogens with zero attached hydrogens (tertiary/aromatic N) is 3. The van der Waals surface area contributed by atoms with Crippen LogP contribution in [0, 0.1) is 10.1 Å². The van der Waals surface area contributed by atoms with Gasteiger partial charge in [0.1, 0.15) is 0 Å². The van der Waals surface area contributed by atoms with E-state index in [1.807, 2.05) is 6.07 Å². The highest BCUT2D eigenvalue weighted by molar-refractivity contribution is 7.09. The summed E-state index contributed by atoms with van der Waals surface area (Å²) in [5, 5.41) is 19.6. The van der Waals surface area contributed by atoms with E-state index in [0.717, 1.165) is 57.3 Å². The van der Waals surface area contributed by atoms with Crippen LogP contribution in [0.5, 0.6) is 0 Å². The Morgan fingerprint density at radius 3 is 2.69 bits per heavy atom. The highest BCUT2D eigenvalue weighted by Gasteiger charge is 2.09. The molecule has 0 bridgehead atoms. The molecular formula is C20H27N5O3S. The molecule has 0 aliphatic carbocycles. The average molecular weight is 418 g/mol. The van der Waals surface area contributed by atoms with Crippen LogP contribution in [-0.2, 0) is 17.8 Å². The lowest BCUT2D eigenvalue weighted by Crippen LogP contribution is -2.40. The lowest BCUT2D eigenvalue weighted by molar-refractivity contribution is -0.384. The Morgan fingerprint density at radius 1 is 1.21 bits per heavy atom. The van der Waals surface area contributed by atoms with Gasteiger partial charge in [0.15, 0.2) is 5.96 Å². The third-order valence-electron chi connectivity index (χ3n) is 4.62. The highest BCUT2D eigenvalue weighted by atomic mass is 32.1. The molecule has 1 saturated heterocycles. The lowest BCUT2D eigenvalue weighted by atomic mass is 10.2. The molecule has 1 aromatic carbocycles. The minimum absolute atomic E-state index is 0.0926. The Labute approximate surface area is 174 Å². The van der Waals surface area contributed by atoms with Crippen molar-refractivity contribution in [3.63, 3.8) is 0 Å². The van der Waals surface area contributed by atoms with Crippen LogP contribution in [-0.4, -0.2) is 55.2 Å². The zero-order valence-electron chi connectivity index (χ0n) is 16.4. The topological polar surface area (TPSA) is 92.0 Å². The number of rotatable bonds is 9. The van der Waals surface area contributed by atoms with E-state index < -0.39 is 4.92 Å². The van der Waals surface area contributed by atoms with Gasteiger partial charge in [0, 0.05) is 36.6 Å². The number of non-ortho nitro benzene ring substituents is 1. The van der Waals surface area contributed by atoms with Gasteiger partial charge in [0.2, 0.25) is 0 Å². The second kappa shape index (κ2) is 11.5. The first kappa shape index (κ1) is 21.2. The van der Waals surface area contributed by atoms with Crippen molar-refractivity contribution in [1.82, 2.24) is 15.5 Å². The van der Waals surface area contributed by atoms with Crippen LogP contribution in [0.15, 0.2) is 46.8 Å². The fourth-order valence-corrected chi connectivity index (χ4v) is 3.63. The van der Waals surface area contributed by atoms with E-state index in [4.69, 9.17) is 4.74 Å². The number of benzene rings is 1. The second-order valence-corrected chi connectivity index (χ2v) is 7.79. The zero-order chi connectivity index (χ0) is 20.3. The molecule has 8 nitrogen and oxygen atoms in total. The van der Waals surface area contributed by atoms with Crippen molar-refractivity contribution in [2.24, 2.45) is 4.99 Å². The Hall–Kier alpha value is -2.49. The van der Waals surface area contributed by atoms with Crippen molar-refractivity contribution in [1.29, 1.82) is 0 Å². The molecule has 0 unspecified atom stereocenters. The third-order valence-corrected chi connectivity index (χ3v) is 5.50. The van der Waals surface area contributed by atoms with Crippen LogP contribution in [0.2, 0.25) is 0 Å². The molecule has 0 atom stereocenters. The molecule has 0 spiro atoms. The van der Waals surface area contributed by atoms with Crippen LogP contribution in [0.3, 0.4) is 0 Å². The van der Waals surface area contributed by atoms with Gasteiger partial charge in [-0.05, 0) is 30.0 Å². The van der Waals surface area contributed by atoms with Gasteiger partial charge >= 0.3 is 0 Å². The summed E-state index contributed by atoms with van der Waals surface area (Å²) in [4.78, 5) is 18.7. The Balaban J connectivity index is 1.51. The maximum Gasteiger partial charge on any atom is 0.269 e. The molecule has 1 fully saturated rings. The van der Waals surface area contributed by atoms with Gasteiger partial charge in [-0.25, -0.2) is 4.99 Å². The summed E-state index contributed by atoms with van der Waals surface area (Å²) < 4.78 is 5.38. The minimum atomic E-state index is -0.392. The lowest BCUT2D eigenvalue weighted by Gasteiger charge is -2.26. The molecule has 156 valence electrons. The van der Waals surface area contributed by atoms with Crippen molar-refractivity contribution in [3.05, 3.63) is 62.3 Å². The predicted octanol–water partition coefficient (Wildman–Crippen LogP) is 2.61. The standard InChI is InChI=1S/C20H27N5O3S/c26-25(27)18-6-4-17(5-7-18)15-22-20(23-16-19-3-1-14-29-19)21-8-2-9-24-10-12-28-13-11-24/h1,3-7,14H,2,8-13,15-16H2,(H2,21,22,23). The van der Waals surface area contributed by atoms with E-state index in [9.17, 15) is 10.1 Å². The first-order chi connectivity index (χ1) is 14.2. The van der Waals surface area contributed by atoms with Gasteiger partial charge in [-0.2, -0.15) is 0 Å². The average Bonchev–Trinajstić information content (AvgIpc) is 3.27. The van der Waals surface area contributed by atoms with Gasteiger partial charge < -0.3 is 15.4 Å². The summed E-state index contributed by atoms with van der Waals surface area (Å²) in [5.41, 5.74) is 1.02. The summed E-state index contributed by atoms with van der Waals surface area (Å²) in [6.45, 7) is 6.67. The van der Waals surface area contributed by atoms with Gasteiger partial charge in [0.05, 0.1) is 31.2 Å². The number of nitro groups is 1. The maximum absolute atomic E-state index is 10.8. The minimum Gasteiger partial charge on any atom is -0.379 e. The first-order valence-corrected chi connectivity index (χ1v) is 10.7. The number of ether oxygens (including phenoxy) is 1. The Morgan fingerprint density at radius 2 is 2.00 bits per heavy atom. The molecule has 1 aliphatic heterocycles. The van der Waals surface area contributed by atoms with Crippen LogP contribution in [0.25, 0.3) is 0 Å². The summed E-state index contributed by atoms with van der Waals surface area (Å²) in [6, 6.07) is 10.6. The molecule has 9 heteroatoms. The van der Waals surface area contributed by atoms with Crippen LogP contribution < -0.4 is 10.6 Å². The molecule has 2 N–H and O–H groups in total. The fraction of sp³-hybridized carbons (Fsp3) is 0.450. The number of thiophene rings is 1. The van der Waals surface area contributed by atoms with E-state index in [2.05, 4.69) is 32.0 Å². The van der Waals surface area contributed by atoms with E-state index in [-0.39, 0.29) is 5.69 Å². The highest BCUT2D eigenvalue weighted by Crippen LogP contribution is 2.12. The summed E-state index contributed by atoms with van der Waals surface area (Å²) >= 11 is 1.70. The maximum atomic E-state index is 10.8. The third kappa shape index (κ3) is 7.45. The molecule has 0 amide bonds. The number of nitrogens with one attached hydrogen (secondary N) is 2. The normalized spacial score (nSPS) is 15.2. The van der Waals surface area contributed by atoms with E-state index in [1.54, 1.807) is 23.5 Å². The van der Waals surface area contributed by atoms with Crippen molar-refractivity contribution in [2.75, 3.05) is 39.4 Å². The first-order valence-electron chi connectivity index (χ1n) is 9.79. The molecule has 0 saturated carbocycles. The van der Waals surface area contributed by atoms with Crippen LogP contribution in [0.1, 0.15) is 16.9 Å². The van der Waals surface area contributed by atoms with E-state index >= 15 is 0 Å². The van der Waals surface area contributed by atoms with Gasteiger partial charge in [-0.3, -0.25) is 15.0 Å². The van der Waals surface area contributed by atoms with Crippen molar-refractivity contribution < 1.29 is 9.66 Å². The largest absolute Gasteiger partial charge is 0.379 e. The quantitative estimate of drug-likeness (QED) is 0.214. The summed E-state index contributed by atoms with van der Waals surface area (Å²) in [6.07, 6.45) is 1.03. The fourth-order valence-electron chi connectivity index (χ4n) is 2.99. The zero-order valence-corrected chi connectivity index (χ0v) is 17.2. The number of guanidine groups is 1. The van der Waals surface area contributed by atoms with Gasteiger partial charge in [-0.15, -0.1) is 11.3 Å². The monoisotopic (exact) mass is 417 g/mol. The molecule has 2 aromatic rings. The van der Waals surface area contributed by atoms with Gasteiger partial charge in [0.25, 0.3) is 5.69 Å². The predicted molar refractivity (Wildman–Crippen MR) is 115 cm³/mol. The molecule has 1 aliphatic rings. The van der Waals surface area contributed by atoms with Crippen LogP contribution in [0.4, 0.5) is 5.69 Å². The number of nitro benzene ring substituents is 1.